The predicted molar refractivity (Wildman–Crippen MR) is 131 cm³/mol. The molecule has 2 fully saturated rings. The van der Waals surface area contributed by atoms with Gasteiger partial charge < -0.3 is 9.64 Å². The molecule has 4 aromatic heterocycles. The first-order chi connectivity index (χ1) is 17.9. The summed E-state index contributed by atoms with van der Waals surface area (Å²) >= 11 is 0. The van der Waals surface area contributed by atoms with Crippen LogP contribution in [0.4, 0.5) is 13.2 Å². The van der Waals surface area contributed by atoms with E-state index in [0.29, 0.717) is 28.6 Å². The van der Waals surface area contributed by atoms with Gasteiger partial charge in [-0.2, -0.15) is 23.4 Å². The first-order valence-electron chi connectivity index (χ1n) is 12.6. The summed E-state index contributed by atoms with van der Waals surface area (Å²) in [5.41, 5.74) is 2.94. The molecule has 37 heavy (non-hydrogen) atoms. The molecule has 1 aliphatic carbocycles. The van der Waals surface area contributed by atoms with E-state index in [1.54, 1.807) is 24.5 Å². The van der Waals surface area contributed by atoms with Gasteiger partial charge in [-0.3, -0.25) is 10.1 Å². The Labute approximate surface area is 211 Å². The van der Waals surface area contributed by atoms with Gasteiger partial charge in [0, 0.05) is 29.6 Å². The Morgan fingerprint density at radius 3 is 2.57 bits per heavy atom. The highest BCUT2D eigenvalue weighted by atomic mass is 19.4. The van der Waals surface area contributed by atoms with E-state index in [2.05, 4.69) is 30.2 Å². The summed E-state index contributed by atoms with van der Waals surface area (Å²) < 4.78 is 47.9. The second-order valence-corrected chi connectivity index (χ2v) is 9.91. The van der Waals surface area contributed by atoms with Crippen molar-refractivity contribution in [1.29, 1.82) is 0 Å². The van der Waals surface area contributed by atoms with Crippen molar-refractivity contribution in [2.24, 2.45) is 0 Å². The third-order valence-corrected chi connectivity index (χ3v) is 7.72. The molecule has 6 rings (SSSR count). The summed E-state index contributed by atoms with van der Waals surface area (Å²) in [5.74, 6) is 0.819. The number of fused-ring (bicyclic) bond motifs is 1. The number of nitrogens with zero attached hydrogens (tertiary/aromatic N) is 6. The van der Waals surface area contributed by atoms with Crippen LogP contribution in [-0.4, -0.2) is 67.1 Å². The van der Waals surface area contributed by atoms with Gasteiger partial charge in [0.05, 0.1) is 24.9 Å². The number of hydrogen-bond acceptors (Lipinski definition) is 6. The molecule has 4 aromatic rings. The van der Waals surface area contributed by atoms with E-state index in [-0.39, 0.29) is 17.0 Å². The van der Waals surface area contributed by atoms with Crippen molar-refractivity contribution in [2.45, 2.75) is 56.7 Å². The lowest BCUT2D eigenvalue weighted by molar-refractivity contribution is -0.127. The summed E-state index contributed by atoms with van der Waals surface area (Å²) in [7, 11) is 1.48. The topological polar surface area (TPSA) is 84.2 Å². The molecule has 0 radical (unpaired) electrons. The van der Waals surface area contributed by atoms with Crippen LogP contribution in [0.15, 0.2) is 36.9 Å². The smallest absolute Gasteiger partial charge is 0.393 e. The number of aromatic amines is 1. The van der Waals surface area contributed by atoms with Crippen LogP contribution in [0.5, 0.6) is 5.75 Å². The van der Waals surface area contributed by atoms with Gasteiger partial charge in [-0.1, -0.05) is 12.5 Å². The van der Waals surface area contributed by atoms with Crippen molar-refractivity contribution >= 4 is 5.65 Å². The number of nitrogens with one attached hydrogen (secondary N) is 1. The molecule has 1 saturated heterocycles. The Morgan fingerprint density at radius 2 is 1.92 bits per heavy atom. The number of rotatable bonds is 6. The fourth-order valence-corrected chi connectivity index (χ4v) is 5.51. The minimum Gasteiger partial charge on any atom is -0.493 e. The van der Waals surface area contributed by atoms with Crippen molar-refractivity contribution < 1.29 is 17.9 Å². The number of likely N-dealkylation sites (tertiary alicyclic amines) is 1. The SMILES string of the molecule is COc1cc(-c2[nH]nc(-c3ccc(C4CCN(C5CCC5)CC4)cn3)c2CC(F)(F)F)cn2ncnc12. The number of ether oxygens (including phenoxy) is 1. The monoisotopic (exact) mass is 511 g/mol. The normalized spacial score (nSPS) is 17.8. The lowest BCUT2D eigenvalue weighted by atomic mass is 9.85. The van der Waals surface area contributed by atoms with Gasteiger partial charge in [-0.25, -0.2) is 9.50 Å². The van der Waals surface area contributed by atoms with Crippen LogP contribution in [-0.2, 0) is 6.42 Å². The van der Waals surface area contributed by atoms with Gasteiger partial charge in [0.15, 0.2) is 11.4 Å². The van der Waals surface area contributed by atoms with Crippen LogP contribution in [0.1, 0.15) is 49.1 Å². The van der Waals surface area contributed by atoms with Gasteiger partial charge in [-0.15, -0.1) is 0 Å². The summed E-state index contributed by atoms with van der Waals surface area (Å²) in [6, 6.07) is 6.16. The largest absolute Gasteiger partial charge is 0.493 e. The molecule has 1 N–H and O–H groups in total. The molecule has 8 nitrogen and oxygen atoms in total. The Balaban J connectivity index is 1.30. The van der Waals surface area contributed by atoms with Crippen molar-refractivity contribution in [3.05, 3.63) is 48.0 Å². The van der Waals surface area contributed by atoms with Gasteiger partial charge in [0.2, 0.25) is 0 Å². The summed E-state index contributed by atoms with van der Waals surface area (Å²) in [6.45, 7) is 2.18. The molecule has 0 atom stereocenters. The Kier molecular flexibility index (Phi) is 6.10. The maximum absolute atomic E-state index is 13.7. The number of pyridine rings is 2. The fraction of sp³-hybridized carbons (Fsp3) is 0.462. The van der Waals surface area contributed by atoms with E-state index in [1.807, 2.05) is 6.07 Å². The van der Waals surface area contributed by atoms with E-state index < -0.39 is 12.6 Å². The van der Waals surface area contributed by atoms with E-state index in [0.717, 1.165) is 37.5 Å². The number of piperidine rings is 1. The zero-order chi connectivity index (χ0) is 25.6. The highest BCUT2D eigenvalue weighted by molar-refractivity contribution is 5.75. The Bertz CT molecular complexity index is 1380. The fourth-order valence-electron chi connectivity index (χ4n) is 5.51. The maximum Gasteiger partial charge on any atom is 0.393 e. The third kappa shape index (κ3) is 4.68. The standard InChI is InChI=1S/C26H28F3N7O/c1-37-22-11-18(14-36-25(22)31-15-32-36)23-20(12-26(27,28)29)24(34-33-23)21-6-5-17(13-30-21)16-7-9-35(10-8-16)19-3-2-4-19/h5-6,11,13-16,19H,2-4,7-10,12H2,1H3,(H,33,34). The molecule has 0 unspecified atom stereocenters. The predicted octanol–water partition coefficient (Wildman–Crippen LogP) is 5.03. The van der Waals surface area contributed by atoms with Gasteiger partial charge >= 0.3 is 6.18 Å². The molecule has 0 spiro atoms. The molecule has 5 heterocycles. The van der Waals surface area contributed by atoms with Gasteiger partial charge in [0.25, 0.3) is 0 Å². The lowest BCUT2D eigenvalue weighted by Crippen LogP contribution is -2.44. The molecule has 1 aliphatic heterocycles. The number of methoxy groups -OCH3 is 1. The first-order valence-corrected chi connectivity index (χ1v) is 12.6. The first kappa shape index (κ1) is 23.9. The Morgan fingerprint density at radius 1 is 1.11 bits per heavy atom. The van der Waals surface area contributed by atoms with Crippen LogP contribution in [0.2, 0.25) is 0 Å². The number of halogens is 3. The van der Waals surface area contributed by atoms with Crippen molar-refractivity contribution in [2.75, 3.05) is 20.2 Å². The number of hydrogen-bond donors (Lipinski definition) is 1. The average Bonchev–Trinajstić information content (AvgIpc) is 3.49. The summed E-state index contributed by atoms with van der Waals surface area (Å²) in [5, 5.41) is 11.2. The summed E-state index contributed by atoms with van der Waals surface area (Å²) in [4.78, 5) is 11.3. The minimum atomic E-state index is -4.43. The Hall–Kier alpha value is -3.47. The van der Waals surface area contributed by atoms with Crippen LogP contribution < -0.4 is 4.74 Å². The van der Waals surface area contributed by atoms with E-state index in [1.165, 1.54) is 37.2 Å². The molecule has 0 aromatic carbocycles. The van der Waals surface area contributed by atoms with Gasteiger partial charge in [0.1, 0.15) is 12.0 Å². The molecule has 0 bridgehead atoms. The second kappa shape index (κ2) is 9.44. The molecular weight excluding hydrogens is 483 g/mol. The van der Waals surface area contributed by atoms with Crippen LogP contribution in [0.3, 0.4) is 0 Å². The number of H-pyrrole nitrogens is 1. The minimum absolute atomic E-state index is 0.0306. The average molecular weight is 512 g/mol. The maximum atomic E-state index is 13.7. The van der Waals surface area contributed by atoms with Crippen molar-refractivity contribution in [1.82, 2.24) is 34.7 Å². The van der Waals surface area contributed by atoms with E-state index in [4.69, 9.17) is 4.74 Å². The van der Waals surface area contributed by atoms with Crippen molar-refractivity contribution in [3.8, 4) is 28.4 Å². The molecule has 0 amide bonds. The molecule has 11 heteroatoms. The number of alkyl halides is 3. The second-order valence-electron chi connectivity index (χ2n) is 9.91. The van der Waals surface area contributed by atoms with Crippen LogP contribution >= 0.6 is 0 Å². The molecule has 2 aliphatic rings. The van der Waals surface area contributed by atoms with Crippen LogP contribution in [0, 0.1) is 0 Å². The quantitative estimate of drug-likeness (QED) is 0.391. The third-order valence-electron chi connectivity index (χ3n) is 7.72. The summed E-state index contributed by atoms with van der Waals surface area (Å²) in [6.07, 6.45) is 5.32. The lowest BCUT2D eigenvalue weighted by Gasteiger charge is -2.41. The zero-order valence-electron chi connectivity index (χ0n) is 20.5. The van der Waals surface area contributed by atoms with Gasteiger partial charge in [-0.05, 0) is 62.4 Å². The number of aromatic nitrogens is 6. The highest BCUT2D eigenvalue weighted by Crippen LogP contribution is 2.37. The highest BCUT2D eigenvalue weighted by Gasteiger charge is 2.33. The van der Waals surface area contributed by atoms with E-state index in [9.17, 15) is 13.2 Å². The molecule has 194 valence electrons. The van der Waals surface area contributed by atoms with Crippen LogP contribution in [0.25, 0.3) is 28.3 Å². The molecule has 1 saturated carbocycles. The zero-order valence-corrected chi connectivity index (χ0v) is 20.5. The van der Waals surface area contributed by atoms with Crippen molar-refractivity contribution in [3.63, 3.8) is 0 Å². The van der Waals surface area contributed by atoms with E-state index >= 15 is 0 Å². The molecular formula is C26H28F3N7O.